The zero-order chi connectivity index (χ0) is 21.3. The van der Waals surface area contributed by atoms with Gasteiger partial charge in [0, 0.05) is 52.0 Å². The molecule has 162 valence electrons. The number of nitrogens with zero attached hydrogens (tertiary/aromatic N) is 3. The molecule has 2 aromatic rings. The standard InChI is InChI=1S/C24H34N4O2/c1-5-30-22-11-9-19(10-12-22)17-27(3)24(25-2)26-16-20-13-14-28(18-20)21-7-6-8-23(15-21)29-4/h6-12,15,20H,5,13-14,16-18H2,1-4H3,(H,25,26). The molecule has 0 bridgehead atoms. The van der Waals surface area contributed by atoms with Crippen LogP contribution in [0.25, 0.3) is 0 Å². The van der Waals surface area contributed by atoms with Gasteiger partial charge in [-0.3, -0.25) is 4.99 Å². The van der Waals surface area contributed by atoms with Gasteiger partial charge in [-0.25, -0.2) is 0 Å². The Hall–Kier alpha value is -2.89. The van der Waals surface area contributed by atoms with E-state index in [0.717, 1.165) is 43.6 Å². The maximum absolute atomic E-state index is 5.52. The third kappa shape index (κ3) is 5.81. The van der Waals surface area contributed by atoms with Gasteiger partial charge in [0.15, 0.2) is 5.96 Å². The van der Waals surface area contributed by atoms with Crippen LogP contribution in [0.1, 0.15) is 18.9 Å². The van der Waals surface area contributed by atoms with E-state index in [4.69, 9.17) is 9.47 Å². The van der Waals surface area contributed by atoms with Gasteiger partial charge in [-0.05, 0) is 49.1 Å². The monoisotopic (exact) mass is 410 g/mol. The molecule has 0 aromatic heterocycles. The average molecular weight is 411 g/mol. The Kier molecular flexibility index (Phi) is 7.82. The lowest BCUT2D eigenvalue weighted by molar-refractivity contribution is 0.340. The molecule has 1 aliphatic heterocycles. The lowest BCUT2D eigenvalue weighted by atomic mass is 10.1. The molecule has 1 fully saturated rings. The molecular weight excluding hydrogens is 376 g/mol. The van der Waals surface area contributed by atoms with E-state index in [0.29, 0.717) is 12.5 Å². The summed E-state index contributed by atoms with van der Waals surface area (Å²) in [5.41, 5.74) is 2.46. The van der Waals surface area contributed by atoms with Gasteiger partial charge in [-0.2, -0.15) is 0 Å². The van der Waals surface area contributed by atoms with Crippen LogP contribution in [0.4, 0.5) is 5.69 Å². The van der Waals surface area contributed by atoms with Crippen molar-refractivity contribution in [2.24, 2.45) is 10.9 Å². The first-order chi connectivity index (χ1) is 14.6. The minimum absolute atomic E-state index is 0.590. The maximum atomic E-state index is 5.52. The Bertz CT molecular complexity index is 822. The summed E-state index contributed by atoms with van der Waals surface area (Å²) in [5, 5.41) is 3.56. The second-order valence-corrected chi connectivity index (χ2v) is 7.66. The molecule has 0 amide bonds. The highest BCUT2D eigenvalue weighted by Crippen LogP contribution is 2.26. The van der Waals surface area contributed by atoms with Crippen molar-refractivity contribution in [2.75, 3.05) is 52.3 Å². The number of guanidine groups is 1. The van der Waals surface area contributed by atoms with Crippen LogP contribution in [-0.2, 0) is 6.54 Å². The van der Waals surface area contributed by atoms with Crippen LogP contribution < -0.4 is 19.7 Å². The highest BCUT2D eigenvalue weighted by atomic mass is 16.5. The first kappa shape index (κ1) is 21.8. The number of anilines is 1. The number of rotatable bonds is 8. The molecular formula is C24H34N4O2. The molecule has 1 N–H and O–H groups in total. The minimum Gasteiger partial charge on any atom is -0.497 e. The number of ether oxygens (including phenoxy) is 2. The SMILES string of the molecule is CCOc1ccc(CN(C)C(=NC)NCC2CCN(c3cccc(OC)c3)C2)cc1. The zero-order valence-electron chi connectivity index (χ0n) is 18.6. The van der Waals surface area contributed by atoms with Crippen LogP contribution in [0.2, 0.25) is 0 Å². The zero-order valence-corrected chi connectivity index (χ0v) is 18.6. The maximum Gasteiger partial charge on any atom is 0.193 e. The fourth-order valence-electron chi connectivity index (χ4n) is 3.87. The predicted octanol–water partition coefficient (Wildman–Crippen LogP) is 3.63. The van der Waals surface area contributed by atoms with Gasteiger partial charge < -0.3 is 24.6 Å². The summed E-state index contributed by atoms with van der Waals surface area (Å²) in [4.78, 5) is 9.06. The number of benzene rings is 2. The molecule has 0 spiro atoms. The molecule has 1 atom stereocenters. The van der Waals surface area contributed by atoms with Gasteiger partial charge in [0.25, 0.3) is 0 Å². The van der Waals surface area contributed by atoms with Crippen molar-refractivity contribution in [3.8, 4) is 11.5 Å². The summed E-state index contributed by atoms with van der Waals surface area (Å²) in [6.45, 7) is 6.51. The topological polar surface area (TPSA) is 49.3 Å². The molecule has 0 saturated carbocycles. The molecule has 0 aliphatic carbocycles. The van der Waals surface area contributed by atoms with E-state index in [-0.39, 0.29) is 0 Å². The molecule has 6 heteroatoms. The van der Waals surface area contributed by atoms with E-state index in [2.05, 4.69) is 57.5 Å². The van der Waals surface area contributed by atoms with E-state index in [9.17, 15) is 0 Å². The molecule has 1 unspecified atom stereocenters. The molecule has 1 saturated heterocycles. The van der Waals surface area contributed by atoms with E-state index in [1.807, 2.05) is 32.2 Å². The van der Waals surface area contributed by atoms with Crippen LogP contribution >= 0.6 is 0 Å². The molecule has 30 heavy (non-hydrogen) atoms. The highest BCUT2D eigenvalue weighted by molar-refractivity contribution is 5.79. The summed E-state index contributed by atoms with van der Waals surface area (Å²) in [5.74, 6) is 3.33. The van der Waals surface area contributed by atoms with Crippen molar-refractivity contribution in [3.05, 3.63) is 54.1 Å². The third-order valence-electron chi connectivity index (χ3n) is 5.48. The van der Waals surface area contributed by atoms with Crippen LogP contribution in [-0.4, -0.2) is 58.3 Å². The number of hydrogen-bond acceptors (Lipinski definition) is 4. The van der Waals surface area contributed by atoms with Gasteiger partial charge in [0.2, 0.25) is 0 Å². The Labute approximate surface area is 180 Å². The second-order valence-electron chi connectivity index (χ2n) is 7.66. The minimum atomic E-state index is 0.590. The molecule has 1 heterocycles. The van der Waals surface area contributed by atoms with E-state index >= 15 is 0 Å². The first-order valence-electron chi connectivity index (χ1n) is 10.7. The Morgan fingerprint density at radius 1 is 1.20 bits per heavy atom. The number of methoxy groups -OCH3 is 1. The smallest absolute Gasteiger partial charge is 0.193 e. The summed E-state index contributed by atoms with van der Waals surface area (Å²) >= 11 is 0. The Balaban J connectivity index is 1.49. The van der Waals surface area contributed by atoms with Crippen molar-refractivity contribution in [2.45, 2.75) is 19.9 Å². The van der Waals surface area contributed by atoms with E-state index in [1.54, 1.807) is 7.11 Å². The van der Waals surface area contributed by atoms with Gasteiger partial charge in [-0.1, -0.05) is 18.2 Å². The summed E-state index contributed by atoms with van der Waals surface area (Å²) in [6.07, 6.45) is 1.17. The lowest BCUT2D eigenvalue weighted by Gasteiger charge is -2.24. The van der Waals surface area contributed by atoms with Crippen molar-refractivity contribution >= 4 is 11.6 Å². The van der Waals surface area contributed by atoms with Gasteiger partial charge >= 0.3 is 0 Å². The van der Waals surface area contributed by atoms with Crippen LogP contribution in [0, 0.1) is 5.92 Å². The second kappa shape index (κ2) is 10.8. The highest BCUT2D eigenvalue weighted by Gasteiger charge is 2.23. The summed E-state index contributed by atoms with van der Waals surface area (Å²) in [7, 11) is 5.63. The number of nitrogens with one attached hydrogen (secondary N) is 1. The normalized spacial score (nSPS) is 16.5. The van der Waals surface area contributed by atoms with Gasteiger partial charge in [-0.15, -0.1) is 0 Å². The van der Waals surface area contributed by atoms with Crippen LogP contribution in [0.3, 0.4) is 0 Å². The molecule has 0 radical (unpaired) electrons. The van der Waals surface area contributed by atoms with Crippen LogP contribution in [0.15, 0.2) is 53.5 Å². The van der Waals surface area contributed by atoms with Crippen molar-refractivity contribution in [3.63, 3.8) is 0 Å². The Morgan fingerprint density at radius 3 is 2.70 bits per heavy atom. The number of hydrogen-bond donors (Lipinski definition) is 1. The summed E-state index contributed by atoms with van der Waals surface area (Å²) < 4.78 is 10.9. The number of aliphatic imine (C=N–C) groups is 1. The predicted molar refractivity (Wildman–Crippen MR) is 124 cm³/mol. The third-order valence-corrected chi connectivity index (χ3v) is 5.48. The van der Waals surface area contributed by atoms with E-state index in [1.165, 1.54) is 17.7 Å². The molecule has 1 aliphatic rings. The van der Waals surface area contributed by atoms with Crippen molar-refractivity contribution in [1.82, 2.24) is 10.2 Å². The largest absolute Gasteiger partial charge is 0.497 e. The fraction of sp³-hybridized carbons (Fsp3) is 0.458. The van der Waals surface area contributed by atoms with Crippen molar-refractivity contribution < 1.29 is 9.47 Å². The molecule has 2 aromatic carbocycles. The van der Waals surface area contributed by atoms with Crippen LogP contribution in [0.5, 0.6) is 11.5 Å². The van der Waals surface area contributed by atoms with Crippen molar-refractivity contribution in [1.29, 1.82) is 0 Å². The van der Waals surface area contributed by atoms with Gasteiger partial charge in [0.05, 0.1) is 13.7 Å². The summed E-state index contributed by atoms with van der Waals surface area (Å²) in [6, 6.07) is 16.6. The van der Waals surface area contributed by atoms with E-state index < -0.39 is 0 Å². The molecule has 3 rings (SSSR count). The quantitative estimate of drug-likeness (QED) is 0.532. The Morgan fingerprint density at radius 2 is 2.00 bits per heavy atom. The lowest BCUT2D eigenvalue weighted by Crippen LogP contribution is -2.41. The average Bonchev–Trinajstić information content (AvgIpc) is 3.25. The van der Waals surface area contributed by atoms with Gasteiger partial charge in [0.1, 0.15) is 11.5 Å². The molecule has 6 nitrogen and oxygen atoms in total. The fourth-order valence-corrected chi connectivity index (χ4v) is 3.87. The first-order valence-corrected chi connectivity index (χ1v) is 10.7.